The van der Waals surface area contributed by atoms with E-state index in [1.165, 1.54) is 23.8 Å². The Hall–Kier alpha value is -4.65. The van der Waals surface area contributed by atoms with Crippen molar-refractivity contribution in [1.29, 1.82) is 0 Å². The summed E-state index contributed by atoms with van der Waals surface area (Å²) in [6.07, 6.45) is 4.92. The number of hydrogen-bond donors (Lipinski definition) is 4. The van der Waals surface area contributed by atoms with Crippen molar-refractivity contribution < 1.29 is 27.9 Å². The van der Waals surface area contributed by atoms with Gasteiger partial charge >= 0.3 is 12.0 Å². The lowest BCUT2D eigenvalue weighted by Crippen LogP contribution is -2.32. The van der Waals surface area contributed by atoms with E-state index in [-0.39, 0.29) is 10.6 Å². The lowest BCUT2D eigenvalue weighted by Gasteiger charge is -2.32. The van der Waals surface area contributed by atoms with E-state index in [0.717, 1.165) is 44.3 Å². The van der Waals surface area contributed by atoms with Crippen molar-refractivity contribution in [2.45, 2.75) is 25.3 Å². The number of hydrogen-bond acceptors (Lipinski definition) is 7. The number of sulfonamides is 1. The van der Waals surface area contributed by atoms with Crippen molar-refractivity contribution in [1.82, 2.24) is 9.88 Å². The molecular formula is C32H32ClN5O6S. The zero-order chi connectivity index (χ0) is 32.0. The number of amides is 2. The standard InChI is InChI=1S/C32H32ClN5O6S/c1-45(42,43)37-25-7-10-27(11-8-25)44-30-13-2-21(19-34-30)20-38-16-14-23(15-17-38)22-3-5-24(6-4-22)35-32(41)36-26-9-12-29(33)28(18-26)31(39)40/h2-13,18-19,23,37H,14-17,20H2,1H3,(H,39,40)(H2,35,36,41). The van der Waals surface area contributed by atoms with Gasteiger partial charge in [-0.05, 0) is 97.6 Å². The first-order chi connectivity index (χ1) is 21.5. The van der Waals surface area contributed by atoms with Crippen LogP contribution in [0.3, 0.4) is 0 Å². The Morgan fingerprint density at radius 2 is 1.58 bits per heavy atom. The van der Waals surface area contributed by atoms with E-state index in [1.54, 1.807) is 30.5 Å². The molecule has 5 rings (SSSR count). The second-order valence-electron chi connectivity index (χ2n) is 10.8. The van der Waals surface area contributed by atoms with Gasteiger partial charge in [-0.2, -0.15) is 0 Å². The van der Waals surface area contributed by atoms with E-state index >= 15 is 0 Å². The van der Waals surface area contributed by atoms with Gasteiger partial charge in [-0.1, -0.05) is 29.8 Å². The molecule has 0 radical (unpaired) electrons. The predicted molar refractivity (Wildman–Crippen MR) is 174 cm³/mol. The normalized spacial score (nSPS) is 14.0. The van der Waals surface area contributed by atoms with Crippen molar-refractivity contribution in [2.24, 2.45) is 0 Å². The van der Waals surface area contributed by atoms with Gasteiger partial charge in [0.25, 0.3) is 0 Å². The molecule has 1 saturated heterocycles. The summed E-state index contributed by atoms with van der Waals surface area (Å²) in [6, 6.07) is 22.0. The van der Waals surface area contributed by atoms with Crippen molar-refractivity contribution >= 4 is 50.7 Å². The first kappa shape index (κ1) is 31.8. The van der Waals surface area contributed by atoms with E-state index < -0.39 is 22.0 Å². The summed E-state index contributed by atoms with van der Waals surface area (Å²) >= 11 is 5.89. The molecule has 0 atom stereocenters. The topological polar surface area (TPSA) is 150 Å². The number of rotatable bonds is 10. The van der Waals surface area contributed by atoms with Gasteiger partial charge in [0.1, 0.15) is 5.75 Å². The minimum atomic E-state index is -3.34. The Kier molecular flexibility index (Phi) is 9.87. The third-order valence-electron chi connectivity index (χ3n) is 7.27. The second kappa shape index (κ2) is 14.0. The summed E-state index contributed by atoms with van der Waals surface area (Å²) in [5, 5.41) is 14.7. The van der Waals surface area contributed by atoms with Crippen LogP contribution in [-0.4, -0.2) is 54.8 Å². The van der Waals surface area contributed by atoms with Gasteiger partial charge in [0.15, 0.2) is 0 Å². The second-order valence-corrected chi connectivity index (χ2v) is 12.9. The number of benzene rings is 3. The molecule has 3 aromatic carbocycles. The number of ether oxygens (including phenoxy) is 1. The fourth-order valence-electron chi connectivity index (χ4n) is 5.07. The summed E-state index contributed by atoms with van der Waals surface area (Å²) in [5.41, 5.74) is 3.62. The number of aromatic nitrogens is 1. The summed E-state index contributed by atoms with van der Waals surface area (Å²) in [6.45, 7) is 2.67. The summed E-state index contributed by atoms with van der Waals surface area (Å²) in [5.74, 6) is 0.253. The molecule has 13 heteroatoms. The first-order valence-electron chi connectivity index (χ1n) is 14.1. The third-order valence-corrected chi connectivity index (χ3v) is 8.20. The number of piperidine rings is 1. The molecule has 4 N–H and O–H groups in total. The molecule has 0 aliphatic carbocycles. The third kappa shape index (κ3) is 9.17. The van der Waals surface area contributed by atoms with Crippen LogP contribution in [0.15, 0.2) is 85.1 Å². The molecule has 0 saturated carbocycles. The van der Waals surface area contributed by atoms with Crippen molar-refractivity contribution in [3.05, 3.63) is 107 Å². The molecule has 2 heterocycles. The Morgan fingerprint density at radius 1 is 0.933 bits per heavy atom. The lowest BCUT2D eigenvalue weighted by atomic mass is 9.89. The summed E-state index contributed by atoms with van der Waals surface area (Å²) in [7, 11) is -3.34. The molecule has 234 valence electrons. The number of carboxylic acids is 1. The fourth-order valence-corrected chi connectivity index (χ4v) is 5.83. The smallest absolute Gasteiger partial charge is 0.337 e. The average Bonchev–Trinajstić information content (AvgIpc) is 3.00. The van der Waals surface area contributed by atoms with Crippen LogP contribution in [0.25, 0.3) is 0 Å². The van der Waals surface area contributed by atoms with Gasteiger partial charge in [-0.25, -0.2) is 23.0 Å². The highest BCUT2D eigenvalue weighted by Gasteiger charge is 2.21. The Bertz CT molecular complexity index is 1760. The van der Waals surface area contributed by atoms with Crippen LogP contribution in [0.1, 0.15) is 40.2 Å². The summed E-state index contributed by atoms with van der Waals surface area (Å²) < 4.78 is 30.9. The number of nitrogens with zero attached hydrogens (tertiary/aromatic N) is 2. The van der Waals surface area contributed by atoms with Gasteiger partial charge in [0.05, 0.1) is 16.8 Å². The predicted octanol–water partition coefficient (Wildman–Crippen LogP) is 6.62. The molecule has 11 nitrogen and oxygen atoms in total. The number of pyridine rings is 1. The first-order valence-corrected chi connectivity index (χ1v) is 16.4. The molecule has 45 heavy (non-hydrogen) atoms. The molecule has 1 aliphatic heterocycles. The van der Waals surface area contributed by atoms with Crippen LogP contribution >= 0.6 is 11.6 Å². The highest BCUT2D eigenvalue weighted by atomic mass is 35.5. The number of carbonyl (C=O) groups is 2. The maximum absolute atomic E-state index is 12.4. The molecular weight excluding hydrogens is 618 g/mol. The van der Waals surface area contributed by atoms with E-state index in [0.29, 0.717) is 34.6 Å². The maximum Gasteiger partial charge on any atom is 0.337 e. The van der Waals surface area contributed by atoms with Crippen molar-refractivity contribution in [3.63, 3.8) is 0 Å². The number of carbonyl (C=O) groups excluding carboxylic acids is 1. The zero-order valence-corrected chi connectivity index (χ0v) is 25.9. The molecule has 1 aliphatic rings. The number of nitrogens with one attached hydrogen (secondary N) is 3. The van der Waals surface area contributed by atoms with Crippen molar-refractivity contribution in [3.8, 4) is 11.6 Å². The molecule has 2 amide bonds. The molecule has 0 bridgehead atoms. The van der Waals surface area contributed by atoms with Gasteiger partial charge in [0.2, 0.25) is 15.9 Å². The van der Waals surface area contributed by atoms with E-state index in [1.807, 2.05) is 36.4 Å². The fraction of sp³-hybridized carbons (Fsp3) is 0.219. The van der Waals surface area contributed by atoms with Gasteiger partial charge in [-0.3, -0.25) is 9.62 Å². The highest BCUT2D eigenvalue weighted by molar-refractivity contribution is 7.92. The molecule has 1 aromatic heterocycles. The lowest BCUT2D eigenvalue weighted by molar-refractivity contribution is 0.0697. The number of likely N-dealkylation sites (tertiary alicyclic amines) is 1. The largest absolute Gasteiger partial charge is 0.478 e. The highest BCUT2D eigenvalue weighted by Crippen LogP contribution is 2.30. The Balaban J connectivity index is 1.06. The maximum atomic E-state index is 12.4. The Morgan fingerprint density at radius 3 is 2.20 bits per heavy atom. The molecule has 1 fully saturated rings. The van der Waals surface area contributed by atoms with Crippen LogP contribution in [0.5, 0.6) is 11.6 Å². The molecule has 0 spiro atoms. The van der Waals surface area contributed by atoms with Gasteiger partial charge in [-0.15, -0.1) is 0 Å². The number of carboxylic acid groups (broad SMARTS) is 1. The number of halogens is 1. The van der Waals surface area contributed by atoms with Crippen molar-refractivity contribution in [2.75, 3.05) is 34.7 Å². The van der Waals surface area contributed by atoms with E-state index in [4.69, 9.17) is 16.3 Å². The number of anilines is 3. The van der Waals surface area contributed by atoms with Gasteiger partial charge in [0, 0.05) is 35.9 Å². The molecule has 4 aromatic rings. The zero-order valence-electron chi connectivity index (χ0n) is 24.4. The minimum absolute atomic E-state index is 0.0861. The number of urea groups is 1. The summed E-state index contributed by atoms with van der Waals surface area (Å²) in [4.78, 5) is 30.5. The minimum Gasteiger partial charge on any atom is -0.478 e. The quantitative estimate of drug-likeness (QED) is 0.150. The average molecular weight is 650 g/mol. The molecule has 0 unspecified atom stereocenters. The van der Waals surface area contributed by atoms with Crippen LogP contribution in [0.4, 0.5) is 21.9 Å². The van der Waals surface area contributed by atoms with E-state index in [2.05, 4.69) is 25.2 Å². The van der Waals surface area contributed by atoms with Crippen LogP contribution in [-0.2, 0) is 16.6 Å². The van der Waals surface area contributed by atoms with E-state index in [9.17, 15) is 23.1 Å². The SMILES string of the molecule is CS(=O)(=O)Nc1ccc(Oc2ccc(CN3CCC(c4ccc(NC(=O)Nc5ccc(Cl)c(C(=O)O)c5)cc4)CC3)cn2)cc1. The monoisotopic (exact) mass is 649 g/mol. The van der Waals surface area contributed by atoms with Crippen LogP contribution < -0.4 is 20.1 Å². The number of aromatic carboxylic acids is 1. The van der Waals surface area contributed by atoms with Crippen LogP contribution in [0.2, 0.25) is 5.02 Å². The Labute approximate surface area is 266 Å². The van der Waals surface area contributed by atoms with Crippen LogP contribution in [0, 0.1) is 0 Å². The van der Waals surface area contributed by atoms with Gasteiger partial charge < -0.3 is 20.5 Å².